The maximum absolute atomic E-state index is 4.83. The summed E-state index contributed by atoms with van der Waals surface area (Å²) in [5.74, 6) is 0.919. The van der Waals surface area contributed by atoms with Crippen LogP contribution in [-0.4, -0.2) is 16.5 Å². The zero-order valence-electron chi connectivity index (χ0n) is 11.5. The van der Waals surface area contributed by atoms with Crippen molar-refractivity contribution in [2.75, 3.05) is 6.54 Å². The van der Waals surface area contributed by atoms with Crippen LogP contribution in [-0.2, 0) is 19.4 Å². The normalized spacial score (nSPS) is 14.4. The Kier molecular flexibility index (Phi) is 3.62. The molecule has 19 heavy (non-hydrogen) atoms. The maximum atomic E-state index is 4.83. The molecular formula is C15H19N3S. The van der Waals surface area contributed by atoms with E-state index in [1.54, 1.807) is 11.3 Å². The zero-order valence-corrected chi connectivity index (χ0v) is 12.3. The van der Waals surface area contributed by atoms with Crippen molar-refractivity contribution in [3.05, 3.63) is 33.3 Å². The summed E-state index contributed by atoms with van der Waals surface area (Å²) in [7, 11) is 0. The molecule has 0 unspecified atom stereocenters. The van der Waals surface area contributed by atoms with Crippen LogP contribution in [0.4, 0.5) is 0 Å². The Morgan fingerprint density at radius 3 is 2.95 bits per heavy atom. The second-order valence-corrected chi connectivity index (χ2v) is 5.81. The topological polar surface area (TPSA) is 37.8 Å². The lowest BCUT2D eigenvalue weighted by molar-refractivity contribution is 0.615. The van der Waals surface area contributed by atoms with E-state index in [1.165, 1.54) is 28.1 Å². The van der Waals surface area contributed by atoms with Crippen LogP contribution >= 0.6 is 11.3 Å². The Morgan fingerprint density at radius 1 is 1.32 bits per heavy atom. The van der Waals surface area contributed by atoms with E-state index in [4.69, 9.17) is 9.97 Å². The monoisotopic (exact) mass is 273 g/mol. The van der Waals surface area contributed by atoms with Crippen LogP contribution in [0.25, 0.3) is 11.4 Å². The van der Waals surface area contributed by atoms with Crippen LogP contribution in [0.1, 0.15) is 35.9 Å². The number of thiophene rings is 1. The quantitative estimate of drug-likeness (QED) is 0.933. The van der Waals surface area contributed by atoms with Gasteiger partial charge in [0.2, 0.25) is 0 Å². The highest BCUT2D eigenvalue weighted by atomic mass is 32.1. The Labute approximate surface area is 118 Å². The minimum atomic E-state index is 0.919. The average Bonchev–Trinajstić information content (AvgIpc) is 2.85. The highest BCUT2D eigenvalue weighted by Crippen LogP contribution is 2.27. The van der Waals surface area contributed by atoms with E-state index in [1.807, 2.05) is 0 Å². The number of rotatable bonds is 3. The zero-order chi connectivity index (χ0) is 13.2. The lowest BCUT2D eigenvalue weighted by Crippen LogP contribution is -2.26. The molecule has 0 aromatic carbocycles. The molecule has 1 aliphatic rings. The number of aromatic nitrogens is 2. The highest BCUT2D eigenvalue weighted by molar-refractivity contribution is 7.08. The van der Waals surface area contributed by atoms with Gasteiger partial charge in [0.15, 0.2) is 5.82 Å². The first-order chi connectivity index (χ1) is 9.29. The summed E-state index contributed by atoms with van der Waals surface area (Å²) < 4.78 is 0. The minimum Gasteiger partial charge on any atom is -0.312 e. The predicted octanol–water partition coefficient (Wildman–Crippen LogP) is 3.11. The van der Waals surface area contributed by atoms with E-state index < -0.39 is 0 Å². The smallest absolute Gasteiger partial charge is 0.160 e. The van der Waals surface area contributed by atoms with Crippen molar-refractivity contribution in [1.82, 2.24) is 15.3 Å². The Morgan fingerprint density at radius 2 is 2.21 bits per heavy atom. The third-order valence-corrected chi connectivity index (χ3v) is 4.46. The lowest BCUT2D eigenvalue weighted by Gasteiger charge is -2.20. The van der Waals surface area contributed by atoms with Gasteiger partial charge in [0, 0.05) is 41.7 Å². The van der Waals surface area contributed by atoms with Gasteiger partial charge in [-0.2, -0.15) is 11.3 Å². The van der Waals surface area contributed by atoms with Gasteiger partial charge in [-0.1, -0.05) is 13.3 Å². The molecule has 0 aliphatic carbocycles. The van der Waals surface area contributed by atoms with Gasteiger partial charge in [0.05, 0.1) is 5.69 Å². The summed E-state index contributed by atoms with van der Waals surface area (Å²) in [6.45, 7) is 6.29. The first-order valence-corrected chi connectivity index (χ1v) is 7.86. The van der Waals surface area contributed by atoms with Crippen molar-refractivity contribution in [1.29, 1.82) is 0 Å². The van der Waals surface area contributed by atoms with Crippen LogP contribution in [0.3, 0.4) is 0 Å². The fourth-order valence-electron chi connectivity index (χ4n) is 2.57. The van der Waals surface area contributed by atoms with Crippen molar-refractivity contribution in [3.63, 3.8) is 0 Å². The van der Waals surface area contributed by atoms with Gasteiger partial charge in [0.1, 0.15) is 0 Å². The lowest BCUT2D eigenvalue weighted by atomic mass is 10.0. The largest absolute Gasteiger partial charge is 0.312 e. The summed E-state index contributed by atoms with van der Waals surface area (Å²) in [5.41, 5.74) is 6.30. The van der Waals surface area contributed by atoms with Gasteiger partial charge in [0.25, 0.3) is 0 Å². The molecule has 3 heterocycles. The molecule has 100 valence electrons. The molecule has 2 aromatic rings. The second-order valence-electron chi connectivity index (χ2n) is 5.06. The Balaban J connectivity index is 2.11. The number of hydrogen-bond acceptors (Lipinski definition) is 4. The third-order valence-electron chi connectivity index (χ3n) is 3.60. The van der Waals surface area contributed by atoms with Gasteiger partial charge < -0.3 is 5.32 Å². The molecule has 0 radical (unpaired) electrons. The van der Waals surface area contributed by atoms with Crippen LogP contribution < -0.4 is 5.32 Å². The average molecular weight is 273 g/mol. The minimum absolute atomic E-state index is 0.919. The molecule has 0 fully saturated rings. The Bertz CT molecular complexity index is 589. The van der Waals surface area contributed by atoms with Crippen LogP contribution in [0.5, 0.6) is 0 Å². The molecule has 4 heteroatoms. The molecule has 3 nitrogen and oxygen atoms in total. The third kappa shape index (κ3) is 2.42. The number of nitrogens with zero attached hydrogens (tertiary/aromatic N) is 2. The number of nitrogens with one attached hydrogen (secondary N) is 1. The maximum Gasteiger partial charge on any atom is 0.160 e. The standard InChI is InChI=1S/C15H19N3S/c1-3-4-13-11-7-16-6-5-14(11)18-15(17-13)12-9-19-8-10(12)2/h8-9,16H,3-7H2,1-2H3. The summed E-state index contributed by atoms with van der Waals surface area (Å²) in [6.07, 6.45) is 3.19. The molecule has 3 rings (SSSR count). The second kappa shape index (κ2) is 5.39. The van der Waals surface area contributed by atoms with Gasteiger partial charge in [-0.15, -0.1) is 0 Å². The fraction of sp³-hybridized carbons (Fsp3) is 0.467. The van der Waals surface area contributed by atoms with Gasteiger partial charge >= 0.3 is 0 Å². The van der Waals surface area contributed by atoms with Crippen LogP contribution in [0.15, 0.2) is 10.8 Å². The molecule has 0 spiro atoms. The molecule has 0 saturated carbocycles. The summed E-state index contributed by atoms with van der Waals surface area (Å²) in [6, 6.07) is 0. The van der Waals surface area contributed by atoms with E-state index in [2.05, 4.69) is 29.9 Å². The van der Waals surface area contributed by atoms with Crippen molar-refractivity contribution in [3.8, 4) is 11.4 Å². The molecule has 0 saturated heterocycles. The number of hydrogen-bond donors (Lipinski definition) is 1. The van der Waals surface area contributed by atoms with Gasteiger partial charge in [-0.3, -0.25) is 0 Å². The van der Waals surface area contributed by atoms with Crippen LogP contribution in [0.2, 0.25) is 0 Å². The van der Waals surface area contributed by atoms with Gasteiger partial charge in [-0.25, -0.2) is 9.97 Å². The molecule has 0 amide bonds. The molecular weight excluding hydrogens is 254 g/mol. The molecule has 0 bridgehead atoms. The van der Waals surface area contributed by atoms with Crippen molar-refractivity contribution < 1.29 is 0 Å². The summed E-state index contributed by atoms with van der Waals surface area (Å²) in [4.78, 5) is 9.65. The number of fused-ring (bicyclic) bond motifs is 1. The highest BCUT2D eigenvalue weighted by Gasteiger charge is 2.18. The van der Waals surface area contributed by atoms with E-state index in [9.17, 15) is 0 Å². The first-order valence-electron chi connectivity index (χ1n) is 6.92. The first kappa shape index (κ1) is 12.8. The van der Waals surface area contributed by atoms with Crippen LogP contribution in [0, 0.1) is 6.92 Å². The van der Waals surface area contributed by atoms with Gasteiger partial charge in [-0.05, 0) is 24.3 Å². The molecule has 0 atom stereocenters. The SMILES string of the molecule is CCCc1nc(-c2cscc2C)nc2c1CNCC2. The van der Waals surface area contributed by atoms with Crippen molar-refractivity contribution >= 4 is 11.3 Å². The van der Waals surface area contributed by atoms with E-state index in [0.29, 0.717) is 0 Å². The Hall–Kier alpha value is -1.26. The van der Waals surface area contributed by atoms with E-state index >= 15 is 0 Å². The fourth-order valence-corrected chi connectivity index (χ4v) is 3.39. The predicted molar refractivity (Wildman–Crippen MR) is 79.5 cm³/mol. The van der Waals surface area contributed by atoms with E-state index in [-0.39, 0.29) is 0 Å². The molecule has 2 aromatic heterocycles. The molecule has 1 N–H and O–H groups in total. The number of aryl methyl sites for hydroxylation is 2. The van der Waals surface area contributed by atoms with E-state index in [0.717, 1.165) is 38.2 Å². The van der Waals surface area contributed by atoms with Crippen molar-refractivity contribution in [2.24, 2.45) is 0 Å². The summed E-state index contributed by atoms with van der Waals surface area (Å²) in [5, 5.41) is 7.75. The molecule has 1 aliphatic heterocycles. The summed E-state index contributed by atoms with van der Waals surface area (Å²) >= 11 is 1.73. The van der Waals surface area contributed by atoms with Crippen molar-refractivity contribution in [2.45, 2.75) is 39.7 Å².